The van der Waals surface area contributed by atoms with Gasteiger partial charge < -0.3 is 15.5 Å². The number of aliphatic hydroxyl groups excluding tert-OH is 2. The number of amides is 1. The van der Waals surface area contributed by atoms with Gasteiger partial charge in [0.05, 0.1) is 18.8 Å². The minimum Gasteiger partial charge on any atom is -0.394 e. The Labute approximate surface area is 393 Å². The van der Waals surface area contributed by atoms with E-state index in [9.17, 15) is 15.0 Å². The minimum atomic E-state index is -0.661. The zero-order valence-electron chi connectivity index (χ0n) is 42.1. The molecular formula is C59H107NO3. The fourth-order valence-corrected chi connectivity index (χ4v) is 8.31. The summed E-state index contributed by atoms with van der Waals surface area (Å²) in [6.07, 6.45) is 77.4. The quantitative estimate of drug-likeness (QED) is 0.0421. The van der Waals surface area contributed by atoms with Crippen molar-refractivity contribution in [3.63, 3.8) is 0 Å². The zero-order chi connectivity index (χ0) is 45.6. The summed E-state index contributed by atoms with van der Waals surface area (Å²) in [5.74, 6) is -0.0306. The molecule has 0 heterocycles. The van der Waals surface area contributed by atoms with Crippen LogP contribution in [0.1, 0.15) is 277 Å². The van der Waals surface area contributed by atoms with Crippen LogP contribution in [0.4, 0.5) is 0 Å². The van der Waals surface area contributed by atoms with E-state index in [0.29, 0.717) is 12.8 Å². The van der Waals surface area contributed by atoms with Crippen LogP contribution in [-0.4, -0.2) is 34.9 Å². The van der Waals surface area contributed by atoms with Crippen LogP contribution in [0, 0.1) is 0 Å². The lowest BCUT2D eigenvalue weighted by molar-refractivity contribution is -0.123. The van der Waals surface area contributed by atoms with Crippen molar-refractivity contribution in [3.05, 3.63) is 72.9 Å². The van der Waals surface area contributed by atoms with Crippen molar-refractivity contribution < 1.29 is 15.0 Å². The predicted molar refractivity (Wildman–Crippen MR) is 281 cm³/mol. The summed E-state index contributed by atoms with van der Waals surface area (Å²) in [6, 6.07) is -0.538. The number of allylic oxidation sites excluding steroid dienone is 12. The van der Waals surface area contributed by atoms with Gasteiger partial charge in [-0.05, 0) is 64.2 Å². The maximum atomic E-state index is 12.5. The average Bonchev–Trinajstić information content (AvgIpc) is 3.29. The Kier molecular flexibility index (Phi) is 52.3. The van der Waals surface area contributed by atoms with Gasteiger partial charge in [0.25, 0.3) is 0 Å². The van der Waals surface area contributed by atoms with Crippen LogP contribution in [-0.2, 0) is 4.79 Å². The van der Waals surface area contributed by atoms with E-state index in [1.807, 2.05) is 0 Å². The van der Waals surface area contributed by atoms with Crippen LogP contribution in [0.25, 0.3) is 0 Å². The highest BCUT2D eigenvalue weighted by Gasteiger charge is 2.20. The van der Waals surface area contributed by atoms with Gasteiger partial charge in [-0.2, -0.15) is 0 Å². The zero-order valence-corrected chi connectivity index (χ0v) is 42.1. The standard InChI is InChI=1S/C59H107NO3/c1-3-5-7-9-11-13-15-17-19-21-22-23-24-25-26-27-28-29-30-31-32-33-34-35-36-37-38-39-41-43-45-47-49-51-53-55-59(63)60-57(56-61)58(62)54-52-50-48-46-44-42-40-20-18-16-14-12-10-8-6-4-2/h5,7,11,13,17,19,22-23,25-26,28-29,57-58,61-62H,3-4,6,8-10,12,14-16,18,20-21,24,27,30-56H2,1-2H3,(H,60,63)/b7-5-,13-11-,19-17-,23-22-,26-25-,29-28-. The first-order chi connectivity index (χ1) is 31.2. The molecule has 366 valence electrons. The SMILES string of the molecule is CC/C=C\C/C=C\C/C=C\C/C=C\C/C=C\C/C=C\CCCCCCCCCCCCCCCCCCC(=O)NC(CO)C(O)CCCCCCCCCCCCCCCCCC. The minimum absolute atomic E-state index is 0.0306. The summed E-state index contributed by atoms with van der Waals surface area (Å²) < 4.78 is 0. The topological polar surface area (TPSA) is 69.6 Å². The molecule has 0 radical (unpaired) electrons. The average molecular weight is 879 g/mol. The van der Waals surface area contributed by atoms with E-state index in [2.05, 4.69) is 92.1 Å². The van der Waals surface area contributed by atoms with E-state index >= 15 is 0 Å². The second-order valence-corrected chi connectivity index (χ2v) is 18.6. The fourth-order valence-electron chi connectivity index (χ4n) is 8.31. The predicted octanol–water partition coefficient (Wildman–Crippen LogP) is 18.2. The second kappa shape index (κ2) is 54.2. The molecule has 2 atom stereocenters. The first-order valence-electron chi connectivity index (χ1n) is 27.6. The van der Waals surface area contributed by atoms with E-state index in [1.54, 1.807) is 0 Å². The van der Waals surface area contributed by atoms with E-state index in [0.717, 1.165) is 64.2 Å². The highest BCUT2D eigenvalue weighted by atomic mass is 16.3. The number of carbonyl (C=O) groups is 1. The van der Waals surface area contributed by atoms with Gasteiger partial charge in [-0.15, -0.1) is 0 Å². The molecular weight excluding hydrogens is 771 g/mol. The van der Waals surface area contributed by atoms with E-state index in [1.165, 1.54) is 186 Å². The van der Waals surface area contributed by atoms with E-state index in [-0.39, 0.29) is 12.5 Å². The van der Waals surface area contributed by atoms with E-state index in [4.69, 9.17) is 0 Å². The van der Waals surface area contributed by atoms with Gasteiger partial charge in [0, 0.05) is 6.42 Å². The van der Waals surface area contributed by atoms with Crippen molar-refractivity contribution in [1.82, 2.24) is 5.32 Å². The molecule has 3 N–H and O–H groups in total. The largest absolute Gasteiger partial charge is 0.394 e. The number of unbranched alkanes of at least 4 members (excludes halogenated alkanes) is 31. The molecule has 0 aliphatic heterocycles. The monoisotopic (exact) mass is 878 g/mol. The molecule has 1 amide bonds. The Morgan fingerprint density at radius 2 is 0.698 bits per heavy atom. The van der Waals surface area contributed by atoms with Gasteiger partial charge in [0.15, 0.2) is 0 Å². The highest BCUT2D eigenvalue weighted by molar-refractivity contribution is 5.76. The lowest BCUT2D eigenvalue weighted by Crippen LogP contribution is -2.45. The van der Waals surface area contributed by atoms with Crippen molar-refractivity contribution in [2.75, 3.05) is 6.61 Å². The highest BCUT2D eigenvalue weighted by Crippen LogP contribution is 2.17. The summed E-state index contributed by atoms with van der Waals surface area (Å²) in [5, 5.41) is 23.3. The van der Waals surface area contributed by atoms with Crippen LogP contribution in [0.3, 0.4) is 0 Å². The molecule has 0 aliphatic carbocycles. The normalized spacial score (nSPS) is 13.4. The van der Waals surface area contributed by atoms with Crippen LogP contribution < -0.4 is 5.32 Å². The third-order valence-corrected chi connectivity index (χ3v) is 12.5. The van der Waals surface area contributed by atoms with Crippen molar-refractivity contribution in [1.29, 1.82) is 0 Å². The van der Waals surface area contributed by atoms with Gasteiger partial charge in [0.2, 0.25) is 5.91 Å². The third-order valence-electron chi connectivity index (χ3n) is 12.5. The third kappa shape index (κ3) is 50.7. The first kappa shape index (κ1) is 60.8. The van der Waals surface area contributed by atoms with Gasteiger partial charge in [-0.3, -0.25) is 4.79 Å². The molecule has 0 bridgehead atoms. The van der Waals surface area contributed by atoms with Crippen molar-refractivity contribution in [2.24, 2.45) is 0 Å². The molecule has 0 fully saturated rings. The van der Waals surface area contributed by atoms with Crippen molar-refractivity contribution >= 4 is 5.91 Å². The Bertz CT molecular complexity index is 1090. The molecule has 0 aromatic rings. The molecule has 0 spiro atoms. The summed E-state index contributed by atoms with van der Waals surface area (Å²) in [6.45, 7) is 4.26. The summed E-state index contributed by atoms with van der Waals surface area (Å²) in [4.78, 5) is 12.5. The molecule has 63 heavy (non-hydrogen) atoms. The lowest BCUT2D eigenvalue weighted by atomic mass is 10.0. The molecule has 0 saturated heterocycles. The Hall–Kier alpha value is -2.17. The number of nitrogens with one attached hydrogen (secondary N) is 1. The maximum absolute atomic E-state index is 12.5. The van der Waals surface area contributed by atoms with Gasteiger partial charge in [-0.25, -0.2) is 0 Å². The molecule has 0 rings (SSSR count). The lowest BCUT2D eigenvalue weighted by Gasteiger charge is -2.22. The van der Waals surface area contributed by atoms with E-state index < -0.39 is 12.1 Å². The Morgan fingerprint density at radius 3 is 1.05 bits per heavy atom. The van der Waals surface area contributed by atoms with Gasteiger partial charge in [0.1, 0.15) is 0 Å². The number of hydrogen-bond acceptors (Lipinski definition) is 3. The summed E-state index contributed by atoms with van der Waals surface area (Å²) in [5.41, 5.74) is 0. The van der Waals surface area contributed by atoms with Gasteiger partial charge in [-0.1, -0.05) is 279 Å². The summed E-state index contributed by atoms with van der Waals surface area (Å²) >= 11 is 0. The molecule has 0 aliphatic rings. The van der Waals surface area contributed by atoms with Crippen LogP contribution in [0.2, 0.25) is 0 Å². The number of aliphatic hydroxyl groups is 2. The molecule has 0 saturated carbocycles. The van der Waals surface area contributed by atoms with Crippen molar-refractivity contribution in [2.45, 2.75) is 289 Å². The first-order valence-corrected chi connectivity index (χ1v) is 27.6. The van der Waals surface area contributed by atoms with Crippen LogP contribution in [0.15, 0.2) is 72.9 Å². The van der Waals surface area contributed by atoms with Crippen molar-refractivity contribution in [3.8, 4) is 0 Å². The smallest absolute Gasteiger partial charge is 0.220 e. The van der Waals surface area contributed by atoms with Gasteiger partial charge >= 0.3 is 0 Å². The molecule has 4 nitrogen and oxygen atoms in total. The number of carbonyl (C=O) groups excluding carboxylic acids is 1. The molecule has 2 unspecified atom stereocenters. The van der Waals surface area contributed by atoms with Crippen LogP contribution in [0.5, 0.6) is 0 Å². The fraction of sp³-hybridized carbons (Fsp3) is 0.780. The molecule has 0 aromatic carbocycles. The molecule has 0 aromatic heterocycles. The number of hydrogen-bond donors (Lipinski definition) is 3. The van der Waals surface area contributed by atoms with Crippen LogP contribution >= 0.6 is 0 Å². The Morgan fingerprint density at radius 1 is 0.397 bits per heavy atom. The maximum Gasteiger partial charge on any atom is 0.220 e. The Balaban J connectivity index is 3.47. The second-order valence-electron chi connectivity index (χ2n) is 18.6. The number of rotatable bonds is 50. The summed E-state index contributed by atoms with van der Waals surface area (Å²) in [7, 11) is 0. The molecule has 4 heteroatoms.